The molecular weight excluding hydrogens is 252 g/mol. The van der Waals surface area contributed by atoms with E-state index in [2.05, 4.69) is 10.6 Å². The molecule has 4 nitrogen and oxygen atoms in total. The van der Waals surface area contributed by atoms with Crippen molar-refractivity contribution in [2.75, 3.05) is 10.6 Å². The highest BCUT2D eigenvalue weighted by molar-refractivity contribution is 5.99. The Balaban J connectivity index is 1.97. The minimum Gasteiger partial charge on any atom is -0.491 e. The zero-order chi connectivity index (χ0) is 14.4. The smallest absolute Gasteiger partial charge is 0.323 e. The summed E-state index contributed by atoms with van der Waals surface area (Å²) >= 11 is 0. The van der Waals surface area contributed by atoms with Crippen LogP contribution in [0, 0.1) is 0 Å². The van der Waals surface area contributed by atoms with Gasteiger partial charge in [-0.25, -0.2) is 4.79 Å². The maximum Gasteiger partial charge on any atom is 0.323 e. The molecule has 0 aliphatic rings. The lowest BCUT2D eigenvalue weighted by molar-refractivity contribution is 0.242. The van der Waals surface area contributed by atoms with E-state index >= 15 is 0 Å². The van der Waals surface area contributed by atoms with Gasteiger partial charge in [0.15, 0.2) is 0 Å². The SMILES string of the molecule is CC(C)Oc1cccc(NC(=O)Nc2ccccc2)c1. The summed E-state index contributed by atoms with van der Waals surface area (Å²) in [4.78, 5) is 11.9. The summed E-state index contributed by atoms with van der Waals surface area (Å²) in [6, 6.07) is 16.3. The van der Waals surface area contributed by atoms with Gasteiger partial charge >= 0.3 is 6.03 Å². The number of nitrogens with one attached hydrogen (secondary N) is 2. The van der Waals surface area contributed by atoms with Gasteiger partial charge in [0.1, 0.15) is 5.75 Å². The van der Waals surface area contributed by atoms with Gasteiger partial charge in [-0.1, -0.05) is 24.3 Å². The Bertz CT molecular complexity index is 568. The van der Waals surface area contributed by atoms with E-state index < -0.39 is 0 Å². The first-order valence-electron chi connectivity index (χ1n) is 6.53. The molecule has 0 aliphatic heterocycles. The summed E-state index contributed by atoms with van der Waals surface area (Å²) in [5.41, 5.74) is 1.44. The minimum absolute atomic E-state index is 0.100. The number of carbonyl (C=O) groups is 1. The van der Waals surface area contributed by atoms with Crippen LogP contribution >= 0.6 is 0 Å². The summed E-state index contributed by atoms with van der Waals surface area (Å²) in [6.07, 6.45) is 0.100. The zero-order valence-electron chi connectivity index (χ0n) is 11.6. The van der Waals surface area contributed by atoms with Crippen molar-refractivity contribution in [1.29, 1.82) is 0 Å². The largest absolute Gasteiger partial charge is 0.491 e. The normalized spacial score (nSPS) is 10.2. The Labute approximate surface area is 118 Å². The van der Waals surface area contributed by atoms with Crippen molar-refractivity contribution in [2.45, 2.75) is 20.0 Å². The maximum atomic E-state index is 11.9. The van der Waals surface area contributed by atoms with E-state index in [1.54, 1.807) is 6.07 Å². The van der Waals surface area contributed by atoms with Crippen LogP contribution in [0.2, 0.25) is 0 Å². The van der Waals surface area contributed by atoms with Crippen LogP contribution in [-0.4, -0.2) is 12.1 Å². The summed E-state index contributed by atoms with van der Waals surface area (Å²) in [5, 5.41) is 5.53. The fourth-order valence-corrected chi connectivity index (χ4v) is 1.73. The van der Waals surface area contributed by atoms with E-state index in [-0.39, 0.29) is 12.1 Å². The molecule has 0 unspecified atom stereocenters. The summed E-state index contributed by atoms with van der Waals surface area (Å²) in [6.45, 7) is 3.92. The monoisotopic (exact) mass is 270 g/mol. The molecule has 0 saturated heterocycles. The highest BCUT2D eigenvalue weighted by Gasteiger charge is 2.04. The lowest BCUT2D eigenvalue weighted by Gasteiger charge is -2.12. The first-order valence-corrected chi connectivity index (χ1v) is 6.53. The molecule has 2 aromatic carbocycles. The van der Waals surface area contributed by atoms with Crippen molar-refractivity contribution in [2.24, 2.45) is 0 Å². The molecule has 2 aromatic rings. The van der Waals surface area contributed by atoms with Crippen molar-refractivity contribution in [3.8, 4) is 5.75 Å². The lowest BCUT2D eigenvalue weighted by Crippen LogP contribution is -2.19. The summed E-state index contributed by atoms with van der Waals surface area (Å²) in [7, 11) is 0. The number of benzene rings is 2. The van der Waals surface area contributed by atoms with Gasteiger partial charge < -0.3 is 15.4 Å². The second-order valence-electron chi connectivity index (χ2n) is 4.64. The topological polar surface area (TPSA) is 50.4 Å². The van der Waals surface area contributed by atoms with Gasteiger partial charge in [-0.3, -0.25) is 0 Å². The molecule has 0 fully saturated rings. The van der Waals surface area contributed by atoms with Gasteiger partial charge in [0.2, 0.25) is 0 Å². The van der Waals surface area contributed by atoms with Gasteiger partial charge in [-0.15, -0.1) is 0 Å². The van der Waals surface area contributed by atoms with E-state index in [0.717, 1.165) is 11.4 Å². The second-order valence-corrected chi connectivity index (χ2v) is 4.64. The average molecular weight is 270 g/mol. The fourth-order valence-electron chi connectivity index (χ4n) is 1.73. The van der Waals surface area contributed by atoms with Crippen LogP contribution in [0.3, 0.4) is 0 Å². The van der Waals surface area contributed by atoms with Crippen LogP contribution in [0.5, 0.6) is 5.75 Å². The molecular formula is C16H18N2O2. The van der Waals surface area contributed by atoms with Gasteiger partial charge in [0.25, 0.3) is 0 Å². The third-order valence-electron chi connectivity index (χ3n) is 2.50. The maximum absolute atomic E-state index is 11.9. The van der Waals surface area contributed by atoms with Crippen LogP contribution < -0.4 is 15.4 Å². The predicted molar refractivity (Wildman–Crippen MR) is 81.3 cm³/mol. The number of para-hydroxylation sites is 1. The van der Waals surface area contributed by atoms with E-state index in [4.69, 9.17) is 4.74 Å². The van der Waals surface area contributed by atoms with E-state index in [9.17, 15) is 4.79 Å². The summed E-state index contributed by atoms with van der Waals surface area (Å²) in [5.74, 6) is 0.734. The quantitative estimate of drug-likeness (QED) is 0.878. The molecule has 0 saturated carbocycles. The molecule has 0 heterocycles. The number of rotatable bonds is 4. The Morgan fingerprint density at radius 3 is 2.30 bits per heavy atom. The van der Waals surface area contributed by atoms with Gasteiger partial charge in [-0.05, 0) is 38.1 Å². The van der Waals surface area contributed by atoms with Crippen LogP contribution in [0.1, 0.15) is 13.8 Å². The molecule has 0 aliphatic carbocycles. The number of anilines is 2. The molecule has 0 atom stereocenters. The Kier molecular flexibility index (Phi) is 4.60. The third kappa shape index (κ3) is 4.31. The number of hydrogen-bond donors (Lipinski definition) is 2. The van der Waals surface area contributed by atoms with Gasteiger partial charge in [-0.2, -0.15) is 0 Å². The molecule has 0 radical (unpaired) electrons. The number of hydrogen-bond acceptors (Lipinski definition) is 2. The number of carbonyl (C=O) groups excluding carboxylic acids is 1. The molecule has 20 heavy (non-hydrogen) atoms. The molecule has 4 heteroatoms. The molecule has 104 valence electrons. The highest BCUT2D eigenvalue weighted by atomic mass is 16.5. The molecule has 0 bridgehead atoms. The average Bonchev–Trinajstić information content (AvgIpc) is 2.39. The van der Waals surface area contributed by atoms with E-state index in [1.807, 2.05) is 62.4 Å². The summed E-state index contributed by atoms with van der Waals surface area (Å²) < 4.78 is 5.58. The number of amides is 2. The van der Waals surface area contributed by atoms with Gasteiger partial charge in [0.05, 0.1) is 6.10 Å². The molecule has 0 spiro atoms. The standard InChI is InChI=1S/C16H18N2O2/c1-12(2)20-15-10-6-9-14(11-15)18-16(19)17-13-7-4-3-5-8-13/h3-12H,1-2H3,(H2,17,18,19). The van der Waals surface area contributed by atoms with Crippen molar-refractivity contribution in [1.82, 2.24) is 0 Å². The van der Waals surface area contributed by atoms with Crippen molar-refractivity contribution >= 4 is 17.4 Å². The number of urea groups is 1. The van der Waals surface area contributed by atoms with Crippen molar-refractivity contribution in [3.63, 3.8) is 0 Å². The number of ether oxygens (including phenoxy) is 1. The molecule has 0 aromatic heterocycles. The molecule has 2 amide bonds. The zero-order valence-corrected chi connectivity index (χ0v) is 11.6. The molecule has 2 rings (SSSR count). The highest BCUT2D eigenvalue weighted by Crippen LogP contribution is 2.18. The van der Waals surface area contributed by atoms with Crippen molar-refractivity contribution < 1.29 is 9.53 Å². The first kappa shape index (κ1) is 13.9. The fraction of sp³-hybridized carbons (Fsp3) is 0.188. The Morgan fingerprint density at radius 1 is 0.950 bits per heavy atom. The molecule has 2 N–H and O–H groups in total. The predicted octanol–water partition coefficient (Wildman–Crippen LogP) is 4.12. The Morgan fingerprint density at radius 2 is 1.60 bits per heavy atom. The van der Waals surface area contributed by atoms with Crippen LogP contribution in [0.15, 0.2) is 54.6 Å². The Hall–Kier alpha value is -2.49. The second kappa shape index (κ2) is 6.61. The van der Waals surface area contributed by atoms with E-state index in [1.165, 1.54) is 0 Å². The van der Waals surface area contributed by atoms with Crippen molar-refractivity contribution in [3.05, 3.63) is 54.6 Å². The lowest BCUT2D eigenvalue weighted by atomic mass is 10.3. The van der Waals surface area contributed by atoms with Gasteiger partial charge in [0, 0.05) is 17.4 Å². The van der Waals surface area contributed by atoms with Crippen LogP contribution in [0.4, 0.5) is 16.2 Å². The van der Waals surface area contributed by atoms with Crippen LogP contribution in [0.25, 0.3) is 0 Å². The first-order chi connectivity index (χ1) is 9.63. The third-order valence-corrected chi connectivity index (χ3v) is 2.50. The van der Waals surface area contributed by atoms with E-state index in [0.29, 0.717) is 5.69 Å². The van der Waals surface area contributed by atoms with Crippen LogP contribution in [-0.2, 0) is 0 Å². The minimum atomic E-state index is -0.280.